The summed E-state index contributed by atoms with van der Waals surface area (Å²) in [6.07, 6.45) is 0.634. The molecule has 8 nitrogen and oxygen atoms in total. The third-order valence-corrected chi connectivity index (χ3v) is 4.67. The van der Waals surface area contributed by atoms with E-state index in [0.29, 0.717) is 30.2 Å². The molecule has 0 aromatic heterocycles. The summed E-state index contributed by atoms with van der Waals surface area (Å²) in [5.41, 5.74) is 6.83. The number of hydrogen-bond acceptors (Lipinski definition) is 6. The number of carbonyl (C=O) groups is 1. The normalized spacial score (nSPS) is 11.0. The summed E-state index contributed by atoms with van der Waals surface area (Å²) in [6, 6.07) is 9.52. The minimum atomic E-state index is -3.91. The number of primary sulfonamides is 1. The highest BCUT2D eigenvalue weighted by Gasteiger charge is 2.14. The molecular weight excluding hydrogens is 358 g/mol. The predicted octanol–water partition coefficient (Wildman–Crippen LogP) is 1.10. The Balaban J connectivity index is 2.13. The maximum atomic E-state index is 11.6. The van der Waals surface area contributed by atoms with Crippen molar-refractivity contribution < 1.29 is 22.7 Å². The van der Waals surface area contributed by atoms with Crippen molar-refractivity contribution in [3.63, 3.8) is 0 Å². The van der Waals surface area contributed by atoms with Gasteiger partial charge in [0.1, 0.15) is 0 Å². The zero-order valence-corrected chi connectivity index (χ0v) is 15.3. The second kappa shape index (κ2) is 8.07. The van der Waals surface area contributed by atoms with E-state index in [9.17, 15) is 13.2 Å². The number of anilines is 1. The average molecular weight is 379 g/mol. The lowest BCUT2D eigenvalue weighted by Crippen LogP contribution is -2.18. The minimum absolute atomic E-state index is 0.0591. The van der Waals surface area contributed by atoms with Gasteiger partial charge in [-0.25, -0.2) is 13.6 Å². The maximum absolute atomic E-state index is 11.6. The summed E-state index contributed by atoms with van der Waals surface area (Å²) in [5, 5.41) is 8.16. The lowest BCUT2D eigenvalue weighted by molar-refractivity contribution is 0.100. The standard InChI is InChI=1S/C17H21N3O5S/c1-24-15-6-3-11(9-16(15)25-2)7-8-20-14-5-4-12(26(19,22)23)10-13(14)17(18)21/h3-6,9-10,20H,7-8H2,1-2H3,(H2,18,21)(H2,19,22,23). The monoisotopic (exact) mass is 379 g/mol. The second-order valence-corrected chi connectivity index (χ2v) is 7.04. The van der Waals surface area contributed by atoms with Gasteiger partial charge in [0.15, 0.2) is 11.5 Å². The van der Waals surface area contributed by atoms with Crippen molar-refractivity contribution in [1.29, 1.82) is 0 Å². The fourth-order valence-electron chi connectivity index (χ4n) is 2.44. The largest absolute Gasteiger partial charge is 0.493 e. The van der Waals surface area contributed by atoms with E-state index in [4.69, 9.17) is 20.3 Å². The van der Waals surface area contributed by atoms with Gasteiger partial charge in [-0.1, -0.05) is 6.07 Å². The third kappa shape index (κ3) is 4.64. The maximum Gasteiger partial charge on any atom is 0.250 e. The van der Waals surface area contributed by atoms with E-state index < -0.39 is 15.9 Å². The van der Waals surface area contributed by atoms with E-state index in [1.807, 2.05) is 18.2 Å². The van der Waals surface area contributed by atoms with Crippen LogP contribution < -0.4 is 25.7 Å². The summed E-state index contributed by atoms with van der Waals surface area (Å²) < 4.78 is 33.3. The molecule has 140 valence electrons. The Bertz CT molecular complexity index is 913. The zero-order valence-electron chi connectivity index (χ0n) is 14.5. The Labute approximate surface area is 152 Å². The molecule has 0 bridgehead atoms. The zero-order chi connectivity index (χ0) is 19.3. The van der Waals surface area contributed by atoms with Gasteiger partial charge in [0.05, 0.1) is 24.7 Å². The molecule has 0 unspecified atom stereocenters. The molecule has 0 aliphatic heterocycles. The molecule has 0 aliphatic carbocycles. The molecule has 0 atom stereocenters. The SMILES string of the molecule is COc1ccc(CCNc2ccc(S(N)(=O)=O)cc2C(N)=O)cc1OC. The Kier molecular flexibility index (Phi) is 6.06. The number of nitrogens with two attached hydrogens (primary N) is 2. The van der Waals surface area contributed by atoms with E-state index in [0.717, 1.165) is 11.6 Å². The smallest absolute Gasteiger partial charge is 0.250 e. The van der Waals surface area contributed by atoms with Gasteiger partial charge in [-0.05, 0) is 42.3 Å². The molecule has 0 heterocycles. The van der Waals surface area contributed by atoms with Crippen molar-refractivity contribution in [3.8, 4) is 11.5 Å². The van der Waals surface area contributed by atoms with Gasteiger partial charge in [-0.2, -0.15) is 0 Å². The summed E-state index contributed by atoms with van der Waals surface area (Å²) in [5.74, 6) is 0.517. The van der Waals surface area contributed by atoms with Crippen LogP contribution in [0.5, 0.6) is 11.5 Å². The average Bonchev–Trinajstić information content (AvgIpc) is 2.60. The van der Waals surface area contributed by atoms with Crippen LogP contribution in [-0.4, -0.2) is 35.1 Å². The first-order valence-electron chi connectivity index (χ1n) is 7.67. The molecule has 5 N–H and O–H groups in total. The fourth-order valence-corrected chi connectivity index (χ4v) is 2.98. The minimum Gasteiger partial charge on any atom is -0.493 e. The van der Waals surface area contributed by atoms with E-state index >= 15 is 0 Å². The predicted molar refractivity (Wildman–Crippen MR) is 98.1 cm³/mol. The number of carbonyl (C=O) groups excluding carboxylic acids is 1. The Morgan fingerprint density at radius 3 is 2.35 bits per heavy atom. The van der Waals surface area contributed by atoms with Gasteiger partial charge < -0.3 is 20.5 Å². The van der Waals surface area contributed by atoms with E-state index in [2.05, 4.69) is 5.32 Å². The molecule has 1 amide bonds. The van der Waals surface area contributed by atoms with Crippen molar-refractivity contribution in [2.24, 2.45) is 10.9 Å². The van der Waals surface area contributed by atoms with Crippen molar-refractivity contribution in [2.75, 3.05) is 26.1 Å². The van der Waals surface area contributed by atoms with Crippen LogP contribution in [0.2, 0.25) is 0 Å². The highest BCUT2D eigenvalue weighted by atomic mass is 32.2. The number of methoxy groups -OCH3 is 2. The number of benzene rings is 2. The number of amides is 1. The van der Waals surface area contributed by atoms with Gasteiger partial charge in [0, 0.05) is 12.2 Å². The Morgan fingerprint density at radius 1 is 1.08 bits per heavy atom. The van der Waals surface area contributed by atoms with Crippen LogP contribution >= 0.6 is 0 Å². The molecule has 2 aromatic carbocycles. The van der Waals surface area contributed by atoms with Crippen molar-refractivity contribution >= 4 is 21.6 Å². The van der Waals surface area contributed by atoms with E-state index in [1.165, 1.54) is 12.1 Å². The molecule has 26 heavy (non-hydrogen) atoms. The number of rotatable bonds is 8. The highest BCUT2D eigenvalue weighted by Crippen LogP contribution is 2.27. The first-order chi connectivity index (χ1) is 12.3. The van der Waals surface area contributed by atoms with Crippen molar-refractivity contribution in [3.05, 3.63) is 47.5 Å². The summed E-state index contributed by atoms with van der Waals surface area (Å²) in [6.45, 7) is 0.491. The van der Waals surface area contributed by atoms with Crippen molar-refractivity contribution in [2.45, 2.75) is 11.3 Å². The van der Waals surface area contributed by atoms with Crippen LogP contribution in [-0.2, 0) is 16.4 Å². The number of primary amides is 1. The van der Waals surface area contributed by atoms with Crippen LogP contribution in [0.25, 0.3) is 0 Å². The van der Waals surface area contributed by atoms with Gasteiger partial charge in [-0.3, -0.25) is 4.79 Å². The first-order valence-corrected chi connectivity index (χ1v) is 9.22. The highest BCUT2D eigenvalue weighted by molar-refractivity contribution is 7.89. The lowest BCUT2D eigenvalue weighted by atomic mass is 10.1. The Hall–Kier alpha value is -2.78. The van der Waals surface area contributed by atoms with Gasteiger partial charge in [-0.15, -0.1) is 0 Å². The van der Waals surface area contributed by atoms with E-state index in [-0.39, 0.29) is 10.5 Å². The Morgan fingerprint density at radius 2 is 1.77 bits per heavy atom. The van der Waals surface area contributed by atoms with Gasteiger partial charge in [0.25, 0.3) is 5.91 Å². The van der Waals surface area contributed by atoms with Crippen LogP contribution in [0.1, 0.15) is 15.9 Å². The summed E-state index contributed by atoms with van der Waals surface area (Å²) in [4.78, 5) is 11.4. The fraction of sp³-hybridized carbons (Fsp3) is 0.235. The lowest BCUT2D eigenvalue weighted by Gasteiger charge is -2.13. The van der Waals surface area contributed by atoms with Crippen LogP contribution in [0, 0.1) is 0 Å². The molecule has 2 aromatic rings. The van der Waals surface area contributed by atoms with Crippen LogP contribution in [0.3, 0.4) is 0 Å². The topological polar surface area (TPSA) is 134 Å². The van der Waals surface area contributed by atoms with E-state index in [1.54, 1.807) is 14.2 Å². The molecule has 2 rings (SSSR count). The van der Waals surface area contributed by atoms with Crippen LogP contribution in [0.15, 0.2) is 41.3 Å². The molecule has 0 saturated heterocycles. The molecule has 9 heteroatoms. The molecule has 0 saturated carbocycles. The first kappa shape index (κ1) is 19.5. The molecule has 0 fully saturated rings. The number of ether oxygens (including phenoxy) is 2. The molecule has 0 aliphatic rings. The molecular formula is C17H21N3O5S. The summed E-state index contributed by atoms with van der Waals surface area (Å²) in [7, 11) is -0.788. The third-order valence-electron chi connectivity index (χ3n) is 3.76. The van der Waals surface area contributed by atoms with Gasteiger partial charge in [0.2, 0.25) is 10.0 Å². The molecule has 0 spiro atoms. The number of sulfonamides is 1. The van der Waals surface area contributed by atoms with Gasteiger partial charge >= 0.3 is 0 Å². The van der Waals surface area contributed by atoms with Crippen molar-refractivity contribution in [1.82, 2.24) is 0 Å². The molecule has 0 radical (unpaired) electrons. The van der Waals surface area contributed by atoms with Crippen LogP contribution in [0.4, 0.5) is 5.69 Å². The summed E-state index contributed by atoms with van der Waals surface area (Å²) >= 11 is 0. The number of hydrogen-bond donors (Lipinski definition) is 3. The number of nitrogens with one attached hydrogen (secondary N) is 1. The second-order valence-electron chi connectivity index (χ2n) is 5.48. The quantitative estimate of drug-likeness (QED) is 0.629.